The summed E-state index contributed by atoms with van der Waals surface area (Å²) in [6, 6.07) is 2.30. The predicted molar refractivity (Wildman–Crippen MR) is 142 cm³/mol. The number of fused-ring (bicyclic) bond motifs is 3. The molecule has 11 nitrogen and oxygen atoms in total. The number of aliphatic hydroxyl groups is 2. The number of nitrogens with zero attached hydrogens (tertiary/aromatic N) is 2. The highest BCUT2D eigenvalue weighted by atomic mass is 16.5. The maximum atomic E-state index is 13.4. The van der Waals surface area contributed by atoms with E-state index in [-0.39, 0.29) is 24.6 Å². The fourth-order valence-corrected chi connectivity index (χ4v) is 5.35. The third-order valence-electron chi connectivity index (χ3n) is 7.31. The number of amides is 2. The number of aliphatic hydroxyl groups excluding tert-OH is 2. The number of morpholine rings is 1. The van der Waals surface area contributed by atoms with Crippen molar-refractivity contribution in [2.24, 2.45) is 0 Å². The Hall–Kier alpha value is -3.25. The molecule has 3 N–H and O–H groups in total. The Morgan fingerprint density at radius 1 is 1.28 bits per heavy atom. The second-order valence-electron chi connectivity index (χ2n) is 9.70. The summed E-state index contributed by atoms with van der Waals surface area (Å²) in [5, 5.41) is 23.6. The Bertz CT molecular complexity index is 1110. The van der Waals surface area contributed by atoms with Crippen molar-refractivity contribution in [1.82, 2.24) is 15.1 Å². The van der Waals surface area contributed by atoms with Gasteiger partial charge in [-0.1, -0.05) is 13.0 Å². The van der Waals surface area contributed by atoms with E-state index in [0.717, 1.165) is 13.1 Å². The van der Waals surface area contributed by atoms with Gasteiger partial charge in [0.2, 0.25) is 11.8 Å². The van der Waals surface area contributed by atoms with E-state index in [2.05, 4.69) is 10.2 Å². The largest absolute Gasteiger partial charge is 0.493 e. The zero-order valence-electron chi connectivity index (χ0n) is 22.4. The van der Waals surface area contributed by atoms with Crippen LogP contribution in [0.25, 0.3) is 0 Å². The number of aldehydes is 1. The van der Waals surface area contributed by atoms with Crippen LogP contribution in [-0.2, 0) is 14.3 Å². The van der Waals surface area contributed by atoms with Gasteiger partial charge in [0.15, 0.2) is 11.5 Å². The van der Waals surface area contributed by atoms with Crippen LogP contribution in [0.15, 0.2) is 35.9 Å². The Morgan fingerprint density at radius 2 is 2.05 bits per heavy atom. The third kappa shape index (κ3) is 6.17. The summed E-state index contributed by atoms with van der Waals surface area (Å²) in [6.45, 7) is 5.32. The Morgan fingerprint density at radius 3 is 2.72 bits per heavy atom. The lowest BCUT2D eigenvalue weighted by Gasteiger charge is -2.41. The molecule has 1 aromatic rings. The average molecular weight is 544 g/mol. The number of carbonyl (C=O) groups is 3. The van der Waals surface area contributed by atoms with Crippen molar-refractivity contribution < 1.29 is 38.8 Å². The second-order valence-corrected chi connectivity index (χ2v) is 9.70. The van der Waals surface area contributed by atoms with Crippen LogP contribution >= 0.6 is 0 Å². The molecule has 39 heavy (non-hydrogen) atoms. The summed E-state index contributed by atoms with van der Waals surface area (Å²) in [4.78, 5) is 42.2. The van der Waals surface area contributed by atoms with Gasteiger partial charge in [-0.25, -0.2) is 0 Å². The van der Waals surface area contributed by atoms with E-state index < -0.39 is 30.1 Å². The smallest absolute Gasteiger partial charge is 0.247 e. The van der Waals surface area contributed by atoms with Crippen molar-refractivity contribution in [3.05, 3.63) is 47.1 Å². The lowest BCUT2D eigenvalue weighted by Crippen LogP contribution is -2.57. The Kier molecular flexibility index (Phi) is 9.73. The van der Waals surface area contributed by atoms with Crippen molar-refractivity contribution in [2.75, 3.05) is 59.7 Å². The molecule has 4 atom stereocenters. The van der Waals surface area contributed by atoms with Crippen molar-refractivity contribution in [3.63, 3.8) is 0 Å². The number of rotatable bonds is 11. The molecule has 0 saturated carbocycles. The van der Waals surface area contributed by atoms with Crippen molar-refractivity contribution in [3.8, 4) is 11.5 Å². The molecule has 3 aliphatic rings. The maximum Gasteiger partial charge on any atom is 0.247 e. The summed E-state index contributed by atoms with van der Waals surface area (Å²) in [5.41, 5.74) is 1.17. The molecule has 0 unspecified atom stereocenters. The zero-order valence-corrected chi connectivity index (χ0v) is 22.4. The number of nitrogens with one attached hydrogen (secondary N) is 1. The van der Waals surface area contributed by atoms with Gasteiger partial charge in [-0.3, -0.25) is 19.3 Å². The van der Waals surface area contributed by atoms with Crippen LogP contribution in [0.4, 0.5) is 0 Å². The van der Waals surface area contributed by atoms with Crippen LogP contribution in [0.2, 0.25) is 0 Å². The molecule has 2 aliphatic heterocycles. The van der Waals surface area contributed by atoms with Gasteiger partial charge in [0.25, 0.3) is 0 Å². The molecular weight excluding hydrogens is 506 g/mol. The first-order valence-corrected chi connectivity index (χ1v) is 13.3. The van der Waals surface area contributed by atoms with Crippen molar-refractivity contribution in [1.29, 1.82) is 0 Å². The van der Waals surface area contributed by atoms with Gasteiger partial charge in [-0.15, -0.1) is 0 Å². The van der Waals surface area contributed by atoms with Gasteiger partial charge in [0, 0.05) is 49.4 Å². The minimum Gasteiger partial charge on any atom is -0.493 e. The zero-order chi connectivity index (χ0) is 27.9. The molecule has 4 rings (SSSR count). The monoisotopic (exact) mass is 543 g/mol. The molecule has 1 saturated heterocycles. The summed E-state index contributed by atoms with van der Waals surface area (Å²) in [6.07, 6.45) is 4.13. The van der Waals surface area contributed by atoms with Gasteiger partial charge >= 0.3 is 0 Å². The summed E-state index contributed by atoms with van der Waals surface area (Å²) < 4.78 is 17.1. The van der Waals surface area contributed by atoms with Crippen LogP contribution in [0.1, 0.15) is 35.2 Å². The van der Waals surface area contributed by atoms with E-state index in [1.165, 1.54) is 19.3 Å². The van der Waals surface area contributed by atoms with E-state index in [1.807, 2.05) is 6.92 Å². The molecule has 1 aromatic carbocycles. The van der Waals surface area contributed by atoms with Gasteiger partial charge in [-0.2, -0.15) is 0 Å². The standard InChI is InChI=1S/C28H37N3O8/c1-3-4-5-23(34)31(8-7-30-9-12-38-13-10-30)21-16-20(28(36)29-6-11-32)24-19-14-18(17-33)15-22(37-2)26(19)39-27(24)25(21)35/h4-5,14-17,21,24-25,27,32,35H,3,6-13H2,1-2H3,(H,29,36)/t21-,24+,25+,27+/m1/s1. The highest BCUT2D eigenvalue weighted by Crippen LogP contribution is 2.51. The van der Waals surface area contributed by atoms with Crippen LogP contribution < -0.4 is 14.8 Å². The molecule has 0 spiro atoms. The first-order valence-electron chi connectivity index (χ1n) is 13.3. The number of hydrogen-bond acceptors (Lipinski definition) is 9. The summed E-state index contributed by atoms with van der Waals surface area (Å²) in [5.74, 6) is -0.784. The van der Waals surface area contributed by atoms with Gasteiger partial charge in [0.1, 0.15) is 18.5 Å². The van der Waals surface area contributed by atoms with Crippen LogP contribution in [-0.4, -0.2) is 116 Å². The first-order chi connectivity index (χ1) is 18.9. The minimum absolute atomic E-state index is 0.0328. The quantitative estimate of drug-likeness (QED) is 0.265. The average Bonchev–Trinajstić information content (AvgIpc) is 3.35. The lowest BCUT2D eigenvalue weighted by atomic mass is 9.77. The number of methoxy groups -OCH3 is 1. The van der Waals surface area contributed by atoms with Gasteiger partial charge in [-0.05, 0) is 30.7 Å². The van der Waals surface area contributed by atoms with Crippen molar-refractivity contribution >= 4 is 18.1 Å². The SMILES string of the molecule is CCC=CC(=O)N(CCN1CCOCC1)[C@@H]1C=C(C(=O)NCCO)[C@@H]2c3cc(C=O)cc(OC)c3O[C@@H]2[C@H]1O. The van der Waals surface area contributed by atoms with E-state index >= 15 is 0 Å². The molecule has 0 aromatic heterocycles. The van der Waals surface area contributed by atoms with E-state index in [1.54, 1.807) is 23.1 Å². The normalized spacial score (nSPS) is 24.4. The van der Waals surface area contributed by atoms with Crippen LogP contribution in [0.3, 0.4) is 0 Å². The fraction of sp³-hybridized carbons (Fsp3) is 0.536. The first kappa shape index (κ1) is 28.8. The number of benzene rings is 1. The number of carbonyl (C=O) groups excluding carboxylic acids is 3. The minimum atomic E-state index is -1.18. The van der Waals surface area contributed by atoms with E-state index in [0.29, 0.717) is 61.6 Å². The molecular formula is C28H37N3O8. The van der Waals surface area contributed by atoms with Crippen LogP contribution in [0, 0.1) is 0 Å². The Labute approximate surface area is 228 Å². The van der Waals surface area contributed by atoms with E-state index in [9.17, 15) is 24.6 Å². The van der Waals surface area contributed by atoms with Gasteiger partial charge < -0.3 is 34.6 Å². The third-order valence-corrected chi connectivity index (χ3v) is 7.31. The topological polar surface area (TPSA) is 138 Å². The fourth-order valence-electron chi connectivity index (χ4n) is 5.35. The number of allylic oxidation sites excluding steroid dienone is 1. The molecule has 0 bridgehead atoms. The number of ether oxygens (including phenoxy) is 3. The summed E-state index contributed by atoms with van der Waals surface area (Å²) >= 11 is 0. The molecule has 11 heteroatoms. The van der Waals surface area contributed by atoms with Crippen LogP contribution in [0.5, 0.6) is 11.5 Å². The highest BCUT2D eigenvalue weighted by molar-refractivity contribution is 5.97. The van der Waals surface area contributed by atoms with E-state index in [4.69, 9.17) is 14.2 Å². The predicted octanol–water partition coefficient (Wildman–Crippen LogP) is 0.257. The molecule has 2 amide bonds. The molecule has 1 aliphatic carbocycles. The molecule has 1 fully saturated rings. The lowest BCUT2D eigenvalue weighted by molar-refractivity contribution is -0.132. The maximum absolute atomic E-state index is 13.4. The van der Waals surface area contributed by atoms with Gasteiger partial charge in [0.05, 0.1) is 38.9 Å². The molecule has 0 radical (unpaired) electrons. The summed E-state index contributed by atoms with van der Waals surface area (Å²) in [7, 11) is 1.45. The second kappa shape index (κ2) is 13.2. The number of hydrogen-bond donors (Lipinski definition) is 3. The highest BCUT2D eigenvalue weighted by Gasteiger charge is 2.51. The molecule has 2 heterocycles. The molecule has 212 valence electrons. The van der Waals surface area contributed by atoms with Crippen molar-refractivity contribution in [2.45, 2.75) is 37.5 Å². The Balaban J connectivity index is 1.74.